The van der Waals surface area contributed by atoms with Crippen molar-refractivity contribution in [2.24, 2.45) is 7.05 Å². The SMILES string of the molecule is CCOC(=O)c1cnn(C)c1CNC(C)c1ccncc1. The molecule has 2 heterocycles. The maximum atomic E-state index is 11.9. The summed E-state index contributed by atoms with van der Waals surface area (Å²) in [4.78, 5) is 15.9. The Balaban J connectivity index is 2.06. The van der Waals surface area contributed by atoms with E-state index in [1.807, 2.05) is 19.2 Å². The van der Waals surface area contributed by atoms with Gasteiger partial charge in [-0.1, -0.05) is 0 Å². The van der Waals surface area contributed by atoms with E-state index in [0.29, 0.717) is 18.7 Å². The zero-order valence-electron chi connectivity index (χ0n) is 12.5. The van der Waals surface area contributed by atoms with Crippen LogP contribution in [0, 0.1) is 0 Å². The van der Waals surface area contributed by atoms with Crippen LogP contribution in [0.2, 0.25) is 0 Å². The number of aryl methyl sites for hydroxylation is 1. The number of hydrogen-bond donors (Lipinski definition) is 1. The minimum absolute atomic E-state index is 0.151. The van der Waals surface area contributed by atoms with Gasteiger partial charge in [-0.2, -0.15) is 5.10 Å². The Hall–Kier alpha value is -2.21. The average molecular weight is 288 g/mol. The molecule has 0 aliphatic carbocycles. The molecule has 0 radical (unpaired) electrons. The van der Waals surface area contributed by atoms with E-state index in [0.717, 1.165) is 11.3 Å². The number of rotatable bonds is 6. The maximum Gasteiger partial charge on any atom is 0.341 e. The van der Waals surface area contributed by atoms with Crippen LogP contribution in [0.4, 0.5) is 0 Å². The fraction of sp³-hybridized carbons (Fsp3) is 0.400. The Labute approximate surface area is 124 Å². The summed E-state index contributed by atoms with van der Waals surface area (Å²) in [6.45, 7) is 4.75. The number of hydrogen-bond acceptors (Lipinski definition) is 5. The van der Waals surface area contributed by atoms with Crippen LogP contribution < -0.4 is 5.32 Å². The summed E-state index contributed by atoms with van der Waals surface area (Å²) in [6, 6.07) is 4.08. The Bertz CT molecular complexity index is 595. The molecule has 1 atom stereocenters. The highest BCUT2D eigenvalue weighted by atomic mass is 16.5. The number of pyridine rings is 1. The minimum atomic E-state index is -0.334. The van der Waals surface area contributed by atoms with Gasteiger partial charge in [-0.05, 0) is 31.5 Å². The number of aromatic nitrogens is 3. The standard InChI is InChI=1S/C15H20N4O2/c1-4-21-15(20)13-9-18-19(3)14(13)10-17-11(2)12-5-7-16-8-6-12/h5-9,11,17H,4,10H2,1-3H3. The lowest BCUT2D eigenvalue weighted by Crippen LogP contribution is -2.21. The van der Waals surface area contributed by atoms with Gasteiger partial charge in [0.15, 0.2) is 0 Å². The van der Waals surface area contributed by atoms with E-state index in [2.05, 4.69) is 22.3 Å². The van der Waals surface area contributed by atoms with Crippen molar-refractivity contribution in [3.8, 4) is 0 Å². The molecule has 1 unspecified atom stereocenters. The number of nitrogens with one attached hydrogen (secondary N) is 1. The molecule has 2 aromatic rings. The maximum absolute atomic E-state index is 11.9. The Morgan fingerprint density at radius 3 is 2.81 bits per heavy atom. The third kappa shape index (κ3) is 3.66. The predicted octanol–water partition coefficient (Wildman–Crippen LogP) is 1.84. The van der Waals surface area contributed by atoms with Crippen molar-refractivity contribution in [2.75, 3.05) is 6.61 Å². The first-order chi connectivity index (χ1) is 10.1. The van der Waals surface area contributed by atoms with Gasteiger partial charge >= 0.3 is 5.97 Å². The van der Waals surface area contributed by atoms with Gasteiger partial charge in [0.1, 0.15) is 5.56 Å². The van der Waals surface area contributed by atoms with Gasteiger partial charge in [0.25, 0.3) is 0 Å². The zero-order valence-corrected chi connectivity index (χ0v) is 12.5. The highest BCUT2D eigenvalue weighted by molar-refractivity contribution is 5.90. The van der Waals surface area contributed by atoms with Gasteiger partial charge in [-0.15, -0.1) is 0 Å². The second-order valence-electron chi connectivity index (χ2n) is 4.73. The molecule has 21 heavy (non-hydrogen) atoms. The van der Waals surface area contributed by atoms with Crippen molar-refractivity contribution in [2.45, 2.75) is 26.4 Å². The van der Waals surface area contributed by atoms with Crippen molar-refractivity contribution < 1.29 is 9.53 Å². The van der Waals surface area contributed by atoms with E-state index < -0.39 is 0 Å². The first-order valence-electron chi connectivity index (χ1n) is 6.94. The highest BCUT2D eigenvalue weighted by Gasteiger charge is 2.17. The molecular weight excluding hydrogens is 268 g/mol. The van der Waals surface area contributed by atoms with E-state index in [1.54, 1.807) is 30.2 Å². The van der Waals surface area contributed by atoms with Crippen LogP contribution in [0.3, 0.4) is 0 Å². The Kier molecular flexibility index (Phi) is 5.05. The molecular formula is C15H20N4O2. The molecule has 0 amide bonds. The van der Waals surface area contributed by atoms with E-state index in [1.165, 1.54) is 0 Å². The summed E-state index contributed by atoms with van der Waals surface area (Å²) in [5, 5.41) is 7.52. The molecule has 0 aliphatic heterocycles. The van der Waals surface area contributed by atoms with E-state index in [-0.39, 0.29) is 12.0 Å². The summed E-state index contributed by atoms with van der Waals surface area (Å²) >= 11 is 0. The second kappa shape index (κ2) is 6.99. The van der Waals surface area contributed by atoms with E-state index in [9.17, 15) is 4.79 Å². The quantitative estimate of drug-likeness (QED) is 0.821. The van der Waals surface area contributed by atoms with Gasteiger partial charge in [-0.25, -0.2) is 4.79 Å². The van der Waals surface area contributed by atoms with Crippen LogP contribution in [0.5, 0.6) is 0 Å². The smallest absolute Gasteiger partial charge is 0.341 e. The molecule has 0 saturated heterocycles. The molecule has 1 N–H and O–H groups in total. The fourth-order valence-corrected chi connectivity index (χ4v) is 2.07. The lowest BCUT2D eigenvalue weighted by Gasteiger charge is -2.14. The largest absolute Gasteiger partial charge is 0.462 e. The number of esters is 1. The summed E-state index contributed by atoms with van der Waals surface area (Å²) < 4.78 is 6.74. The molecule has 6 nitrogen and oxygen atoms in total. The molecule has 0 saturated carbocycles. The van der Waals surface area contributed by atoms with Gasteiger partial charge in [-0.3, -0.25) is 9.67 Å². The number of carbonyl (C=O) groups is 1. The van der Waals surface area contributed by atoms with Crippen LogP contribution in [-0.2, 0) is 18.3 Å². The normalized spacial score (nSPS) is 12.1. The second-order valence-corrected chi connectivity index (χ2v) is 4.73. The molecule has 2 rings (SSSR count). The van der Waals surface area contributed by atoms with Gasteiger partial charge in [0.2, 0.25) is 0 Å². The first kappa shape index (κ1) is 15.2. The van der Waals surface area contributed by atoms with Crippen LogP contribution in [0.25, 0.3) is 0 Å². The third-order valence-corrected chi connectivity index (χ3v) is 3.34. The summed E-state index contributed by atoms with van der Waals surface area (Å²) in [5.74, 6) is -0.334. The van der Waals surface area contributed by atoms with Gasteiger partial charge in [0.05, 0.1) is 18.5 Å². The fourth-order valence-electron chi connectivity index (χ4n) is 2.07. The first-order valence-corrected chi connectivity index (χ1v) is 6.94. The van der Waals surface area contributed by atoms with Gasteiger partial charge < -0.3 is 10.1 Å². The van der Waals surface area contributed by atoms with Gasteiger partial charge in [0, 0.05) is 32.0 Å². The molecule has 0 aliphatic rings. The van der Waals surface area contributed by atoms with E-state index >= 15 is 0 Å². The summed E-state index contributed by atoms with van der Waals surface area (Å²) in [5.41, 5.74) is 2.47. The third-order valence-electron chi connectivity index (χ3n) is 3.34. The Morgan fingerprint density at radius 1 is 1.43 bits per heavy atom. The lowest BCUT2D eigenvalue weighted by molar-refractivity contribution is 0.0524. The minimum Gasteiger partial charge on any atom is -0.462 e. The molecule has 0 spiro atoms. The topological polar surface area (TPSA) is 69.0 Å². The lowest BCUT2D eigenvalue weighted by atomic mass is 10.1. The van der Waals surface area contributed by atoms with Crippen molar-refractivity contribution in [1.29, 1.82) is 0 Å². The Morgan fingerprint density at radius 2 is 2.14 bits per heavy atom. The van der Waals surface area contributed by atoms with Crippen LogP contribution in [-0.4, -0.2) is 27.3 Å². The van der Waals surface area contributed by atoms with Crippen LogP contribution in [0.1, 0.15) is 41.5 Å². The molecule has 2 aromatic heterocycles. The number of nitrogens with zero attached hydrogens (tertiary/aromatic N) is 3. The number of carbonyl (C=O) groups excluding carboxylic acids is 1. The molecule has 6 heteroatoms. The summed E-state index contributed by atoms with van der Waals surface area (Å²) in [7, 11) is 1.82. The molecule has 112 valence electrons. The number of ether oxygens (including phenoxy) is 1. The molecule has 0 bridgehead atoms. The highest BCUT2D eigenvalue weighted by Crippen LogP contribution is 2.14. The monoisotopic (exact) mass is 288 g/mol. The zero-order chi connectivity index (χ0) is 15.2. The van der Waals surface area contributed by atoms with Crippen LogP contribution >= 0.6 is 0 Å². The average Bonchev–Trinajstić information content (AvgIpc) is 2.87. The van der Waals surface area contributed by atoms with Crippen molar-refractivity contribution >= 4 is 5.97 Å². The summed E-state index contributed by atoms with van der Waals surface area (Å²) in [6.07, 6.45) is 5.08. The van der Waals surface area contributed by atoms with Crippen molar-refractivity contribution in [3.63, 3.8) is 0 Å². The molecule has 0 aromatic carbocycles. The van der Waals surface area contributed by atoms with Crippen LogP contribution in [0.15, 0.2) is 30.7 Å². The van der Waals surface area contributed by atoms with Crippen molar-refractivity contribution in [1.82, 2.24) is 20.1 Å². The van der Waals surface area contributed by atoms with E-state index in [4.69, 9.17) is 4.74 Å². The van der Waals surface area contributed by atoms with Crippen molar-refractivity contribution in [3.05, 3.63) is 47.5 Å². The predicted molar refractivity (Wildman–Crippen MR) is 78.7 cm³/mol. The molecule has 0 fully saturated rings.